The van der Waals surface area contributed by atoms with E-state index < -0.39 is 11.5 Å². The van der Waals surface area contributed by atoms with Crippen LogP contribution in [0, 0.1) is 5.92 Å². The zero-order chi connectivity index (χ0) is 29.5. The van der Waals surface area contributed by atoms with Crippen molar-refractivity contribution in [2.45, 2.75) is 18.6 Å². The average molecular weight is 569 g/mol. The van der Waals surface area contributed by atoms with Crippen LogP contribution < -0.4 is 15.0 Å². The van der Waals surface area contributed by atoms with Crippen molar-refractivity contribution in [1.82, 2.24) is 19.5 Å². The number of Topliss-reactive ketones (excluding diaryl/α,β-unsaturated/α-hetero) is 1. The van der Waals surface area contributed by atoms with Crippen LogP contribution in [-0.4, -0.2) is 57.8 Å². The van der Waals surface area contributed by atoms with Gasteiger partial charge in [-0.15, -0.1) is 0 Å². The van der Waals surface area contributed by atoms with Crippen LogP contribution in [0.15, 0.2) is 96.3 Å². The normalized spacial score (nSPS) is 12.3. The molecule has 5 aromatic rings. The number of rotatable bonds is 13. The molecule has 0 unspecified atom stereocenters. The van der Waals surface area contributed by atoms with Crippen molar-refractivity contribution in [3.05, 3.63) is 119 Å². The molecule has 0 saturated heterocycles. The Morgan fingerprint density at radius 1 is 0.905 bits per heavy atom. The molecule has 2 heterocycles. The summed E-state index contributed by atoms with van der Waals surface area (Å²) in [6.45, 7) is -0.216. The molecule has 10 heteroatoms. The summed E-state index contributed by atoms with van der Waals surface area (Å²) in [5.41, 5.74) is 1.63. The molecule has 3 aromatic carbocycles. The van der Waals surface area contributed by atoms with Crippen LogP contribution in [0.25, 0.3) is 11.2 Å². The van der Waals surface area contributed by atoms with E-state index >= 15 is 0 Å². The second-order valence-corrected chi connectivity index (χ2v) is 9.88. The van der Waals surface area contributed by atoms with Gasteiger partial charge in [-0.25, -0.2) is 9.97 Å². The van der Waals surface area contributed by atoms with Gasteiger partial charge in [0.1, 0.15) is 17.1 Å². The zero-order valence-electron chi connectivity index (χ0n) is 23.4. The molecule has 0 bridgehead atoms. The maximum Gasteiger partial charge on any atom is 0.278 e. The zero-order valence-corrected chi connectivity index (χ0v) is 23.4. The van der Waals surface area contributed by atoms with Gasteiger partial charge in [-0.1, -0.05) is 54.6 Å². The number of hydrogen-bond acceptors (Lipinski definition) is 8. The fourth-order valence-corrected chi connectivity index (χ4v) is 5.08. The minimum atomic E-state index is -1.07. The average Bonchev–Trinajstić information content (AvgIpc) is 3.45. The molecule has 2 N–H and O–H groups in total. The minimum absolute atomic E-state index is 0.0375. The topological polar surface area (TPSA) is 129 Å². The van der Waals surface area contributed by atoms with Crippen LogP contribution in [0.3, 0.4) is 0 Å². The number of imidazole rings is 1. The number of carbonyl (C=O) groups is 1. The summed E-state index contributed by atoms with van der Waals surface area (Å²) in [6, 6.07) is 25.1. The number of methoxy groups -OCH3 is 2. The molecule has 0 fully saturated rings. The maximum atomic E-state index is 13.1. The van der Waals surface area contributed by atoms with Crippen LogP contribution in [0.4, 0.5) is 0 Å². The predicted molar refractivity (Wildman–Crippen MR) is 157 cm³/mol. The number of aromatic amines is 1. The molecule has 0 aliphatic heterocycles. The summed E-state index contributed by atoms with van der Waals surface area (Å²) in [7, 11) is 3.23. The van der Waals surface area contributed by atoms with E-state index in [2.05, 4.69) is 15.0 Å². The van der Waals surface area contributed by atoms with E-state index in [1.165, 1.54) is 17.2 Å². The summed E-state index contributed by atoms with van der Waals surface area (Å²) in [5, 5.41) is 10.3. The number of hydrogen-bond donors (Lipinski definition) is 2. The molecular weight excluding hydrogens is 536 g/mol. The van der Waals surface area contributed by atoms with Crippen molar-refractivity contribution in [2.75, 3.05) is 27.4 Å². The lowest BCUT2D eigenvalue weighted by atomic mass is 9.79. The van der Waals surface area contributed by atoms with Crippen LogP contribution >= 0.6 is 0 Å². The SMILES string of the molecule is COc1ccc(C(OC[C@@H](CO)CC(=O)Cn2cnc3c(=O)[nH]cnc32)(c2ccccc2)c2ccc(OC)cc2)cc1. The lowest BCUT2D eigenvalue weighted by Crippen LogP contribution is -2.35. The number of nitrogens with zero attached hydrogens (tertiary/aromatic N) is 3. The van der Waals surface area contributed by atoms with E-state index in [0.717, 1.165) is 16.7 Å². The number of fused-ring (bicyclic) bond motifs is 1. The molecule has 2 aromatic heterocycles. The van der Waals surface area contributed by atoms with Gasteiger partial charge >= 0.3 is 0 Å². The van der Waals surface area contributed by atoms with E-state index in [1.54, 1.807) is 14.2 Å². The number of aliphatic hydroxyl groups is 1. The smallest absolute Gasteiger partial charge is 0.278 e. The Morgan fingerprint density at radius 2 is 1.50 bits per heavy atom. The first-order valence-electron chi connectivity index (χ1n) is 13.5. The third-order valence-electron chi connectivity index (χ3n) is 7.24. The molecule has 0 amide bonds. The molecule has 1 atom stereocenters. The highest BCUT2D eigenvalue weighted by molar-refractivity contribution is 5.80. The fraction of sp³-hybridized carbons (Fsp3) is 0.250. The number of benzene rings is 3. The summed E-state index contributed by atoms with van der Waals surface area (Å²) >= 11 is 0. The summed E-state index contributed by atoms with van der Waals surface area (Å²) in [5.74, 6) is 0.761. The van der Waals surface area contributed by atoms with Gasteiger partial charge < -0.3 is 28.9 Å². The van der Waals surface area contributed by atoms with Crippen molar-refractivity contribution in [3.63, 3.8) is 0 Å². The minimum Gasteiger partial charge on any atom is -0.497 e. The molecule has 5 rings (SSSR count). The Labute approximate surface area is 242 Å². The highest BCUT2D eigenvalue weighted by Gasteiger charge is 2.38. The number of H-pyrrole nitrogens is 1. The monoisotopic (exact) mass is 568 g/mol. The number of nitrogens with one attached hydrogen (secondary N) is 1. The maximum absolute atomic E-state index is 13.1. The fourth-order valence-electron chi connectivity index (χ4n) is 5.08. The molecule has 0 aliphatic carbocycles. The Bertz CT molecular complexity index is 1630. The van der Waals surface area contributed by atoms with Gasteiger partial charge in [0.15, 0.2) is 16.9 Å². The van der Waals surface area contributed by atoms with Crippen molar-refractivity contribution < 1.29 is 24.1 Å². The number of ketones is 1. The number of aliphatic hydroxyl groups excluding tert-OH is 1. The highest BCUT2D eigenvalue weighted by atomic mass is 16.5. The lowest BCUT2D eigenvalue weighted by Gasteiger charge is -2.37. The first-order chi connectivity index (χ1) is 20.5. The van der Waals surface area contributed by atoms with Crippen LogP contribution in [0.5, 0.6) is 11.5 Å². The van der Waals surface area contributed by atoms with Crippen molar-refractivity contribution in [1.29, 1.82) is 0 Å². The van der Waals surface area contributed by atoms with Crippen LogP contribution in [-0.2, 0) is 21.7 Å². The van der Waals surface area contributed by atoms with Crippen molar-refractivity contribution in [2.24, 2.45) is 5.92 Å². The van der Waals surface area contributed by atoms with Crippen LogP contribution in [0.1, 0.15) is 23.1 Å². The lowest BCUT2D eigenvalue weighted by molar-refractivity contribution is -0.122. The van der Waals surface area contributed by atoms with Crippen molar-refractivity contribution in [3.8, 4) is 11.5 Å². The molecular formula is C32H32N4O6. The molecule has 0 saturated carbocycles. The number of aromatic nitrogens is 4. The third kappa shape index (κ3) is 5.81. The van der Waals surface area contributed by atoms with Gasteiger partial charge in [0.2, 0.25) is 0 Å². The predicted octanol–water partition coefficient (Wildman–Crippen LogP) is 3.71. The van der Waals surface area contributed by atoms with Gasteiger partial charge in [-0.05, 0) is 41.0 Å². The van der Waals surface area contributed by atoms with Gasteiger partial charge in [0, 0.05) is 18.9 Å². The summed E-state index contributed by atoms with van der Waals surface area (Å²) < 4.78 is 19.2. The molecule has 0 radical (unpaired) electrons. The van der Waals surface area contributed by atoms with Gasteiger partial charge in [-0.3, -0.25) is 9.59 Å². The Balaban J connectivity index is 1.46. The Hall–Kier alpha value is -4.80. The van der Waals surface area contributed by atoms with E-state index in [0.29, 0.717) is 17.1 Å². The standard InChI is InChI=1S/C32H32N4O6/c1-40-27-12-8-24(9-13-27)32(23-6-4-3-5-7-23,25-10-14-28(41-2)15-11-25)42-19-22(18-37)16-26(38)17-36-21-35-29-30(36)33-20-34-31(29)39/h3-15,20-22,37H,16-19H2,1-2H3,(H,33,34,39)/t22-/m1/s1. The third-order valence-corrected chi connectivity index (χ3v) is 7.24. The van der Waals surface area contributed by atoms with Crippen LogP contribution in [0.2, 0.25) is 0 Å². The quantitative estimate of drug-likeness (QED) is 0.206. The van der Waals surface area contributed by atoms with E-state index in [9.17, 15) is 14.7 Å². The molecule has 0 aliphatic rings. The largest absolute Gasteiger partial charge is 0.497 e. The van der Waals surface area contributed by atoms with E-state index in [1.807, 2.05) is 78.9 Å². The van der Waals surface area contributed by atoms with Gasteiger partial charge in [-0.2, -0.15) is 0 Å². The van der Waals surface area contributed by atoms with Gasteiger partial charge in [0.05, 0.1) is 40.0 Å². The second kappa shape index (κ2) is 12.8. The Kier molecular flexibility index (Phi) is 8.75. The molecule has 10 nitrogen and oxygen atoms in total. The first-order valence-corrected chi connectivity index (χ1v) is 13.5. The Morgan fingerprint density at radius 3 is 2.07 bits per heavy atom. The summed E-state index contributed by atoms with van der Waals surface area (Å²) in [4.78, 5) is 35.8. The number of carbonyl (C=O) groups excluding carboxylic acids is 1. The number of ether oxygens (including phenoxy) is 3. The summed E-state index contributed by atoms with van der Waals surface area (Å²) in [6.07, 6.45) is 2.75. The molecule has 42 heavy (non-hydrogen) atoms. The van der Waals surface area contributed by atoms with E-state index in [-0.39, 0.29) is 43.0 Å². The van der Waals surface area contributed by atoms with Gasteiger partial charge in [0.25, 0.3) is 5.56 Å². The van der Waals surface area contributed by atoms with Crippen molar-refractivity contribution >= 4 is 16.9 Å². The highest BCUT2D eigenvalue weighted by Crippen LogP contribution is 2.42. The first kappa shape index (κ1) is 28.7. The molecule has 216 valence electrons. The van der Waals surface area contributed by atoms with E-state index in [4.69, 9.17) is 14.2 Å². The molecule has 0 spiro atoms. The second-order valence-electron chi connectivity index (χ2n) is 9.88.